The van der Waals surface area contributed by atoms with E-state index in [1.807, 2.05) is 0 Å². The van der Waals surface area contributed by atoms with E-state index in [9.17, 15) is 0 Å². The van der Waals surface area contributed by atoms with Crippen LogP contribution >= 0.6 is 11.3 Å². The van der Waals surface area contributed by atoms with E-state index in [0.29, 0.717) is 18.8 Å². The Morgan fingerprint density at radius 1 is 1.14 bits per heavy atom. The van der Waals surface area contributed by atoms with Gasteiger partial charge in [-0.2, -0.15) is 11.3 Å². The molecule has 2 heterocycles. The van der Waals surface area contributed by atoms with Crippen LogP contribution in [0.4, 0.5) is 0 Å². The van der Waals surface area contributed by atoms with Crippen LogP contribution in [0.1, 0.15) is 37.5 Å². The Morgan fingerprint density at radius 3 is 2.57 bits per heavy atom. The lowest BCUT2D eigenvalue weighted by Gasteiger charge is -2.35. The van der Waals surface area contributed by atoms with Crippen molar-refractivity contribution in [2.24, 2.45) is 4.99 Å². The molecule has 0 radical (unpaired) electrons. The van der Waals surface area contributed by atoms with Crippen LogP contribution in [0, 0.1) is 0 Å². The summed E-state index contributed by atoms with van der Waals surface area (Å²) in [6.45, 7) is 11.6. The molecule has 2 aromatic rings. The van der Waals surface area contributed by atoms with Crippen molar-refractivity contribution >= 4 is 17.3 Å². The highest BCUT2D eigenvalue weighted by atomic mass is 32.1. The van der Waals surface area contributed by atoms with Gasteiger partial charge in [0, 0.05) is 32.7 Å². The largest absolute Gasteiger partial charge is 0.373 e. The summed E-state index contributed by atoms with van der Waals surface area (Å²) in [5.74, 6) is 0.858. The summed E-state index contributed by atoms with van der Waals surface area (Å²) in [5, 5.41) is 11.1. The lowest BCUT2D eigenvalue weighted by Crippen LogP contribution is -2.45. The lowest BCUT2D eigenvalue weighted by molar-refractivity contribution is -0.0705. The van der Waals surface area contributed by atoms with Crippen LogP contribution in [-0.2, 0) is 24.4 Å². The monoisotopic (exact) mass is 400 g/mol. The summed E-state index contributed by atoms with van der Waals surface area (Å²) >= 11 is 1.71. The number of ether oxygens (including phenoxy) is 1. The van der Waals surface area contributed by atoms with Crippen LogP contribution < -0.4 is 10.6 Å². The number of benzene rings is 1. The van der Waals surface area contributed by atoms with E-state index in [1.165, 1.54) is 16.7 Å². The van der Waals surface area contributed by atoms with Gasteiger partial charge >= 0.3 is 0 Å². The first-order valence-corrected chi connectivity index (χ1v) is 11.1. The highest BCUT2D eigenvalue weighted by Gasteiger charge is 2.22. The Balaban J connectivity index is 1.62. The van der Waals surface area contributed by atoms with Crippen molar-refractivity contribution in [3.63, 3.8) is 0 Å². The fraction of sp³-hybridized carbons (Fsp3) is 0.500. The molecular formula is C22H32N4OS. The third-order valence-corrected chi connectivity index (χ3v) is 5.53. The average molecular weight is 401 g/mol. The number of rotatable bonds is 7. The van der Waals surface area contributed by atoms with Crippen LogP contribution in [0.15, 0.2) is 46.1 Å². The molecular weight excluding hydrogens is 368 g/mol. The lowest BCUT2D eigenvalue weighted by atomic mass is 10.1. The standard InChI is InChI=1S/C22H32N4OS/c1-4-23-22(24-11-19-9-10-28-16-19)25-12-20-7-5-6-8-21(20)15-26-13-17(2)27-18(3)14-26/h5-10,16-18H,4,11-15H2,1-3H3,(H2,23,24,25). The molecule has 2 N–H and O–H groups in total. The molecule has 6 heteroatoms. The predicted octanol–water partition coefficient (Wildman–Crippen LogP) is 3.61. The van der Waals surface area contributed by atoms with Gasteiger partial charge in [-0.25, -0.2) is 4.99 Å². The smallest absolute Gasteiger partial charge is 0.191 e. The molecule has 0 aliphatic carbocycles. The Bertz CT molecular complexity index is 737. The number of morpholine rings is 1. The van der Waals surface area contributed by atoms with Crippen molar-refractivity contribution in [1.29, 1.82) is 0 Å². The Kier molecular flexibility index (Phi) is 7.89. The zero-order chi connectivity index (χ0) is 19.8. The summed E-state index contributed by atoms with van der Waals surface area (Å²) < 4.78 is 5.87. The topological polar surface area (TPSA) is 48.9 Å². The Hall–Kier alpha value is -1.89. The Labute approximate surface area is 172 Å². The van der Waals surface area contributed by atoms with E-state index in [1.54, 1.807) is 11.3 Å². The van der Waals surface area contributed by atoms with Crippen molar-refractivity contribution in [2.45, 2.75) is 52.6 Å². The van der Waals surface area contributed by atoms with Gasteiger partial charge in [0.05, 0.1) is 18.8 Å². The molecule has 3 rings (SSSR count). The molecule has 2 unspecified atom stereocenters. The van der Waals surface area contributed by atoms with Gasteiger partial charge in [0.2, 0.25) is 0 Å². The summed E-state index contributed by atoms with van der Waals surface area (Å²) in [6.07, 6.45) is 0.581. The third kappa shape index (κ3) is 6.33. The molecule has 28 heavy (non-hydrogen) atoms. The molecule has 1 aromatic carbocycles. The number of thiophene rings is 1. The third-order valence-electron chi connectivity index (χ3n) is 4.80. The first-order valence-electron chi connectivity index (χ1n) is 10.1. The molecule has 0 bridgehead atoms. The number of nitrogens with zero attached hydrogens (tertiary/aromatic N) is 2. The maximum Gasteiger partial charge on any atom is 0.191 e. The van der Waals surface area contributed by atoms with Crippen molar-refractivity contribution in [2.75, 3.05) is 19.6 Å². The fourth-order valence-corrected chi connectivity index (χ4v) is 4.27. The maximum atomic E-state index is 5.87. The second-order valence-corrected chi connectivity index (χ2v) is 8.18. The zero-order valence-electron chi connectivity index (χ0n) is 17.1. The van der Waals surface area contributed by atoms with Crippen LogP contribution in [0.2, 0.25) is 0 Å². The van der Waals surface area contributed by atoms with Gasteiger partial charge in [0.1, 0.15) is 0 Å². The van der Waals surface area contributed by atoms with E-state index >= 15 is 0 Å². The molecule has 0 amide bonds. The summed E-state index contributed by atoms with van der Waals surface area (Å²) in [6, 6.07) is 10.8. The molecule has 2 atom stereocenters. The molecule has 1 aromatic heterocycles. The van der Waals surface area contributed by atoms with Crippen LogP contribution in [0.3, 0.4) is 0 Å². The highest BCUT2D eigenvalue weighted by molar-refractivity contribution is 7.07. The molecule has 1 fully saturated rings. The maximum absolute atomic E-state index is 5.87. The van der Waals surface area contributed by atoms with Crippen LogP contribution in [0.25, 0.3) is 0 Å². The second-order valence-electron chi connectivity index (χ2n) is 7.40. The van der Waals surface area contributed by atoms with Crippen molar-refractivity contribution < 1.29 is 4.74 Å². The minimum absolute atomic E-state index is 0.290. The van der Waals surface area contributed by atoms with Gasteiger partial charge in [0.25, 0.3) is 0 Å². The van der Waals surface area contributed by atoms with Gasteiger partial charge < -0.3 is 15.4 Å². The quantitative estimate of drug-likeness (QED) is 0.551. The van der Waals surface area contributed by atoms with E-state index in [2.05, 4.69) is 77.4 Å². The zero-order valence-corrected chi connectivity index (χ0v) is 18.0. The molecule has 1 saturated heterocycles. The van der Waals surface area contributed by atoms with Crippen molar-refractivity contribution in [3.8, 4) is 0 Å². The normalized spacial score (nSPS) is 20.9. The van der Waals surface area contributed by atoms with E-state index < -0.39 is 0 Å². The van der Waals surface area contributed by atoms with Gasteiger partial charge in [-0.15, -0.1) is 0 Å². The highest BCUT2D eigenvalue weighted by Crippen LogP contribution is 2.17. The number of hydrogen-bond donors (Lipinski definition) is 2. The molecule has 5 nitrogen and oxygen atoms in total. The second kappa shape index (κ2) is 10.6. The molecule has 0 spiro atoms. The first-order chi connectivity index (χ1) is 13.6. The summed E-state index contributed by atoms with van der Waals surface area (Å²) in [7, 11) is 0. The van der Waals surface area contributed by atoms with Crippen molar-refractivity contribution in [1.82, 2.24) is 15.5 Å². The summed E-state index contributed by atoms with van der Waals surface area (Å²) in [5.41, 5.74) is 3.93. The van der Waals surface area contributed by atoms with Gasteiger partial charge in [-0.05, 0) is 54.3 Å². The van der Waals surface area contributed by atoms with Gasteiger partial charge in [-0.3, -0.25) is 4.90 Å². The molecule has 1 aliphatic heterocycles. The van der Waals surface area contributed by atoms with E-state index in [-0.39, 0.29) is 0 Å². The Morgan fingerprint density at radius 2 is 1.89 bits per heavy atom. The molecule has 0 saturated carbocycles. The number of guanidine groups is 1. The molecule has 1 aliphatic rings. The molecule has 152 valence electrons. The minimum Gasteiger partial charge on any atom is -0.373 e. The van der Waals surface area contributed by atoms with Crippen LogP contribution in [-0.4, -0.2) is 42.7 Å². The fourth-order valence-electron chi connectivity index (χ4n) is 3.61. The average Bonchev–Trinajstić information content (AvgIpc) is 3.18. The van der Waals surface area contributed by atoms with E-state index in [4.69, 9.17) is 9.73 Å². The van der Waals surface area contributed by atoms with Crippen LogP contribution in [0.5, 0.6) is 0 Å². The predicted molar refractivity (Wildman–Crippen MR) is 118 cm³/mol. The van der Waals surface area contributed by atoms with E-state index in [0.717, 1.165) is 38.7 Å². The minimum atomic E-state index is 0.290. The van der Waals surface area contributed by atoms with Crippen molar-refractivity contribution in [3.05, 3.63) is 57.8 Å². The first kappa shape index (κ1) is 20.8. The van der Waals surface area contributed by atoms with Gasteiger partial charge in [0.15, 0.2) is 5.96 Å². The number of nitrogens with one attached hydrogen (secondary N) is 2. The number of hydrogen-bond acceptors (Lipinski definition) is 4. The SMILES string of the molecule is CCNC(=NCc1ccsc1)NCc1ccccc1CN1CC(C)OC(C)C1. The van der Waals surface area contributed by atoms with Gasteiger partial charge in [-0.1, -0.05) is 24.3 Å². The number of aliphatic imine (C=N–C) groups is 1. The summed E-state index contributed by atoms with van der Waals surface area (Å²) in [4.78, 5) is 7.20.